The number of carbonyl (C=O) groups excluding carboxylic acids is 1. The Morgan fingerprint density at radius 2 is 1.93 bits per heavy atom. The van der Waals surface area contributed by atoms with Crippen LogP contribution in [-0.4, -0.2) is 58.7 Å². The number of aromatic amines is 1. The third kappa shape index (κ3) is 4.19. The second-order valence-corrected chi connectivity index (χ2v) is 7.03. The van der Waals surface area contributed by atoms with Gasteiger partial charge in [-0.1, -0.05) is 18.2 Å². The van der Waals surface area contributed by atoms with Crippen molar-refractivity contribution in [2.45, 2.75) is 12.8 Å². The Labute approximate surface area is 164 Å². The van der Waals surface area contributed by atoms with Gasteiger partial charge in [0, 0.05) is 50.9 Å². The fraction of sp³-hybridized carbons (Fsp3) is 0.333. The third-order valence-electron chi connectivity index (χ3n) is 5.07. The van der Waals surface area contributed by atoms with Gasteiger partial charge in [0.2, 0.25) is 0 Å². The van der Waals surface area contributed by atoms with E-state index in [0.717, 1.165) is 48.5 Å². The lowest BCUT2D eigenvalue weighted by Crippen LogP contribution is -2.52. The number of aromatic nitrogens is 2. The van der Waals surface area contributed by atoms with Crippen LogP contribution in [0, 0.1) is 0 Å². The summed E-state index contributed by atoms with van der Waals surface area (Å²) in [7, 11) is 0. The molecule has 7 heteroatoms. The maximum atomic E-state index is 12.4. The molecule has 2 amide bonds. The Bertz CT molecular complexity index is 914. The van der Waals surface area contributed by atoms with Gasteiger partial charge in [-0.15, -0.1) is 0 Å². The molecule has 0 aliphatic carbocycles. The summed E-state index contributed by atoms with van der Waals surface area (Å²) in [5, 5.41) is 12.6. The van der Waals surface area contributed by atoms with Crippen LogP contribution in [0.3, 0.4) is 0 Å². The predicted molar refractivity (Wildman–Crippen MR) is 110 cm³/mol. The number of para-hydroxylation sites is 2. The van der Waals surface area contributed by atoms with Crippen LogP contribution in [0.1, 0.15) is 12.2 Å². The van der Waals surface area contributed by atoms with E-state index in [1.165, 1.54) is 0 Å². The summed E-state index contributed by atoms with van der Waals surface area (Å²) in [5.41, 5.74) is 3.02. The van der Waals surface area contributed by atoms with Gasteiger partial charge < -0.3 is 25.2 Å². The van der Waals surface area contributed by atoms with E-state index in [0.29, 0.717) is 19.6 Å². The van der Waals surface area contributed by atoms with Crippen LogP contribution < -0.4 is 10.2 Å². The Morgan fingerprint density at radius 1 is 1.11 bits per heavy atom. The van der Waals surface area contributed by atoms with Gasteiger partial charge in [0.25, 0.3) is 0 Å². The molecule has 146 valence electrons. The number of carbonyl (C=O) groups is 1. The highest BCUT2D eigenvalue weighted by Gasteiger charge is 2.21. The number of H-pyrrole nitrogens is 1. The fourth-order valence-corrected chi connectivity index (χ4v) is 3.54. The van der Waals surface area contributed by atoms with E-state index in [9.17, 15) is 9.90 Å². The van der Waals surface area contributed by atoms with Crippen molar-refractivity contribution in [2.24, 2.45) is 0 Å². The maximum Gasteiger partial charge on any atom is 0.317 e. The van der Waals surface area contributed by atoms with Crippen LogP contribution in [0.5, 0.6) is 5.75 Å². The van der Waals surface area contributed by atoms with Gasteiger partial charge in [0.1, 0.15) is 11.6 Å². The van der Waals surface area contributed by atoms with Crippen molar-refractivity contribution >= 4 is 22.8 Å². The molecule has 0 unspecified atom stereocenters. The molecule has 0 bridgehead atoms. The largest absolute Gasteiger partial charge is 0.508 e. The van der Waals surface area contributed by atoms with Crippen molar-refractivity contribution in [2.75, 3.05) is 37.6 Å². The summed E-state index contributed by atoms with van der Waals surface area (Å²) in [6, 6.07) is 15.2. The number of imidazole rings is 1. The van der Waals surface area contributed by atoms with Crippen molar-refractivity contribution in [1.82, 2.24) is 20.2 Å². The molecule has 0 spiro atoms. The van der Waals surface area contributed by atoms with E-state index in [4.69, 9.17) is 0 Å². The van der Waals surface area contributed by atoms with E-state index in [1.54, 1.807) is 12.1 Å². The van der Waals surface area contributed by atoms with Crippen LogP contribution in [0.4, 0.5) is 10.5 Å². The Hall–Kier alpha value is -3.22. The van der Waals surface area contributed by atoms with Crippen molar-refractivity contribution < 1.29 is 9.90 Å². The van der Waals surface area contributed by atoms with E-state index in [-0.39, 0.29) is 11.8 Å². The molecule has 3 N–H and O–H groups in total. The van der Waals surface area contributed by atoms with Crippen molar-refractivity contribution in [3.63, 3.8) is 0 Å². The summed E-state index contributed by atoms with van der Waals surface area (Å²) in [4.78, 5) is 24.3. The molecule has 0 saturated carbocycles. The molecular weight excluding hydrogens is 354 g/mol. The summed E-state index contributed by atoms with van der Waals surface area (Å²) >= 11 is 0. The summed E-state index contributed by atoms with van der Waals surface area (Å²) in [6.45, 7) is 3.49. The van der Waals surface area contributed by atoms with Crippen LogP contribution in [-0.2, 0) is 6.42 Å². The second-order valence-electron chi connectivity index (χ2n) is 7.03. The number of aromatic hydroxyl groups is 1. The van der Waals surface area contributed by atoms with Gasteiger partial charge in [-0.05, 0) is 30.7 Å². The van der Waals surface area contributed by atoms with Crippen molar-refractivity contribution in [3.8, 4) is 5.75 Å². The Balaban J connectivity index is 1.19. The quantitative estimate of drug-likeness (QED) is 0.595. The molecule has 2 heterocycles. The van der Waals surface area contributed by atoms with Gasteiger partial charge in [0.05, 0.1) is 11.0 Å². The zero-order valence-electron chi connectivity index (χ0n) is 15.8. The summed E-state index contributed by atoms with van der Waals surface area (Å²) in [5.74, 6) is 1.22. The molecule has 28 heavy (non-hydrogen) atoms. The average molecular weight is 379 g/mol. The zero-order valence-corrected chi connectivity index (χ0v) is 15.8. The highest BCUT2D eigenvalue weighted by Crippen LogP contribution is 2.21. The van der Waals surface area contributed by atoms with Crippen LogP contribution in [0.25, 0.3) is 11.0 Å². The van der Waals surface area contributed by atoms with Crippen LogP contribution in [0.15, 0.2) is 48.5 Å². The molecular formula is C21H25N5O2. The number of rotatable bonds is 5. The first kappa shape index (κ1) is 18.2. The smallest absolute Gasteiger partial charge is 0.317 e. The van der Waals surface area contributed by atoms with Crippen LogP contribution in [0.2, 0.25) is 0 Å². The topological polar surface area (TPSA) is 84.5 Å². The number of benzene rings is 2. The number of aryl methyl sites for hydroxylation is 1. The van der Waals surface area contributed by atoms with Gasteiger partial charge in [-0.25, -0.2) is 9.78 Å². The molecule has 1 aliphatic heterocycles. The number of piperazine rings is 1. The van der Waals surface area contributed by atoms with E-state index in [1.807, 2.05) is 41.3 Å². The number of hydrogen-bond donors (Lipinski definition) is 3. The Morgan fingerprint density at radius 3 is 2.71 bits per heavy atom. The average Bonchev–Trinajstić information content (AvgIpc) is 3.14. The molecule has 0 atom stereocenters. The van der Waals surface area contributed by atoms with Crippen molar-refractivity contribution in [1.29, 1.82) is 0 Å². The number of amides is 2. The monoisotopic (exact) mass is 379 g/mol. The predicted octanol–water partition coefficient (Wildman–Crippen LogP) is 2.73. The molecule has 7 nitrogen and oxygen atoms in total. The van der Waals surface area contributed by atoms with E-state index < -0.39 is 0 Å². The SMILES string of the molecule is O=C(NCCCc1nc2ccccc2[nH]1)N1CCN(c2cccc(O)c2)CC1. The summed E-state index contributed by atoms with van der Waals surface area (Å²) in [6.07, 6.45) is 1.65. The number of hydrogen-bond acceptors (Lipinski definition) is 4. The zero-order chi connectivity index (χ0) is 19.3. The maximum absolute atomic E-state index is 12.4. The van der Waals surface area contributed by atoms with E-state index in [2.05, 4.69) is 20.2 Å². The molecule has 1 fully saturated rings. The molecule has 1 aromatic heterocycles. The highest BCUT2D eigenvalue weighted by atomic mass is 16.3. The lowest BCUT2D eigenvalue weighted by molar-refractivity contribution is 0.194. The fourth-order valence-electron chi connectivity index (χ4n) is 3.54. The molecule has 4 rings (SSSR count). The minimum absolute atomic E-state index is 0.0137. The van der Waals surface area contributed by atoms with Crippen LogP contribution >= 0.6 is 0 Å². The first-order valence-corrected chi connectivity index (χ1v) is 9.69. The first-order chi connectivity index (χ1) is 13.7. The molecule has 2 aromatic carbocycles. The number of anilines is 1. The lowest BCUT2D eigenvalue weighted by atomic mass is 10.2. The van der Waals surface area contributed by atoms with Gasteiger partial charge in [0.15, 0.2) is 0 Å². The van der Waals surface area contributed by atoms with Gasteiger partial charge >= 0.3 is 6.03 Å². The summed E-state index contributed by atoms with van der Waals surface area (Å²) < 4.78 is 0. The third-order valence-corrected chi connectivity index (χ3v) is 5.07. The van der Waals surface area contributed by atoms with Crippen molar-refractivity contribution in [3.05, 3.63) is 54.4 Å². The van der Waals surface area contributed by atoms with Gasteiger partial charge in [-0.2, -0.15) is 0 Å². The number of nitrogens with one attached hydrogen (secondary N) is 2. The standard InChI is InChI=1S/C21H25N5O2/c27-17-6-3-5-16(15-17)25-11-13-26(14-12-25)21(28)22-10-4-9-20-23-18-7-1-2-8-19(18)24-20/h1-3,5-8,15,27H,4,9-14H2,(H,22,28)(H,23,24). The molecule has 3 aromatic rings. The number of urea groups is 1. The second kappa shape index (κ2) is 8.21. The minimum Gasteiger partial charge on any atom is -0.508 e. The molecule has 1 aliphatic rings. The lowest BCUT2D eigenvalue weighted by Gasteiger charge is -2.36. The molecule has 1 saturated heterocycles. The number of nitrogens with zero attached hydrogens (tertiary/aromatic N) is 3. The van der Waals surface area contributed by atoms with E-state index >= 15 is 0 Å². The Kier molecular flexibility index (Phi) is 5.32. The van der Waals surface area contributed by atoms with Gasteiger partial charge in [-0.3, -0.25) is 0 Å². The highest BCUT2D eigenvalue weighted by molar-refractivity contribution is 5.75. The normalized spacial score (nSPS) is 14.4. The number of fused-ring (bicyclic) bond motifs is 1. The number of phenolic OH excluding ortho intramolecular Hbond substituents is 1. The molecule has 0 radical (unpaired) electrons. The minimum atomic E-state index is -0.0137. The first-order valence-electron chi connectivity index (χ1n) is 9.69. The number of phenols is 1.